The first-order chi connectivity index (χ1) is 28.4. The maximum atomic E-state index is 14.8. The Morgan fingerprint density at radius 1 is 0.967 bits per heavy atom. The molecule has 4 saturated carbocycles. The Kier molecular flexibility index (Phi) is 13.2. The van der Waals surface area contributed by atoms with Gasteiger partial charge in [-0.2, -0.15) is 0 Å². The van der Waals surface area contributed by atoms with E-state index in [1.165, 1.54) is 55.9 Å². The summed E-state index contributed by atoms with van der Waals surface area (Å²) in [5.74, 6) is 2.40. The van der Waals surface area contributed by atoms with Crippen molar-refractivity contribution in [3.8, 4) is 0 Å². The smallest absolute Gasteiger partial charge is 0.315 e. The van der Waals surface area contributed by atoms with E-state index in [4.69, 9.17) is 4.74 Å². The van der Waals surface area contributed by atoms with Gasteiger partial charge in [-0.05, 0) is 178 Å². The molecule has 0 radical (unpaired) electrons. The zero-order valence-electron chi connectivity index (χ0n) is 38.0. The van der Waals surface area contributed by atoms with Crippen LogP contribution in [0.15, 0.2) is 66.3 Å². The average Bonchev–Trinajstić information content (AvgIpc) is 3.60. The highest BCUT2D eigenvalue weighted by atomic mass is 32.2. The quantitative estimate of drug-likeness (QED) is 0.143. The maximum Gasteiger partial charge on any atom is 0.315 e. The van der Waals surface area contributed by atoms with E-state index >= 15 is 0 Å². The molecule has 0 unspecified atom stereocenters. The fraction of sp³-hybridized carbons (Fsp3) is 0.750. The van der Waals surface area contributed by atoms with Crippen LogP contribution < -0.4 is 5.32 Å². The molecule has 0 amide bonds. The van der Waals surface area contributed by atoms with Crippen molar-refractivity contribution in [1.82, 2.24) is 5.32 Å². The van der Waals surface area contributed by atoms with Crippen LogP contribution in [-0.2, 0) is 26.0 Å². The molecule has 6 nitrogen and oxygen atoms in total. The molecular weight excluding hydrogens is 770 g/mol. The summed E-state index contributed by atoms with van der Waals surface area (Å²) in [5, 5.41) is 15.3. The van der Waals surface area contributed by atoms with E-state index in [1.54, 1.807) is 0 Å². The Bertz CT molecular complexity index is 1880. The van der Waals surface area contributed by atoms with E-state index in [9.17, 15) is 22.7 Å². The molecule has 6 aliphatic carbocycles. The van der Waals surface area contributed by atoms with Crippen LogP contribution in [0.2, 0.25) is 0 Å². The van der Waals surface area contributed by atoms with Gasteiger partial charge in [0.25, 0.3) is 0 Å². The van der Waals surface area contributed by atoms with E-state index in [0.29, 0.717) is 81.0 Å². The van der Waals surface area contributed by atoms with Crippen LogP contribution >= 0.6 is 0 Å². The molecule has 8 heteroatoms. The van der Waals surface area contributed by atoms with Crippen molar-refractivity contribution in [2.24, 2.45) is 51.2 Å². The van der Waals surface area contributed by atoms with Crippen LogP contribution in [0.5, 0.6) is 0 Å². The van der Waals surface area contributed by atoms with Crippen molar-refractivity contribution >= 4 is 15.8 Å². The number of carbonyl (C=O) groups is 1. The molecule has 6 aliphatic rings. The summed E-state index contributed by atoms with van der Waals surface area (Å²) in [7, 11) is -3.07. The highest BCUT2D eigenvalue weighted by molar-refractivity contribution is 7.91. The van der Waals surface area contributed by atoms with E-state index in [2.05, 4.69) is 64.7 Å². The maximum absolute atomic E-state index is 14.8. The molecule has 1 aromatic carbocycles. The number of nitrogens with one attached hydrogen (secondary N) is 1. The van der Waals surface area contributed by atoms with Crippen molar-refractivity contribution in [3.05, 3.63) is 71.8 Å². The van der Waals surface area contributed by atoms with Gasteiger partial charge in [0.1, 0.15) is 23.1 Å². The normalized spacial score (nSPS) is 40.4. The van der Waals surface area contributed by atoms with Gasteiger partial charge in [0.05, 0.1) is 16.3 Å². The lowest BCUT2D eigenvalue weighted by Crippen LogP contribution is -2.61. The van der Waals surface area contributed by atoms with Crippen molar-refractivity contribution in [2.45, 2.75) is 173 Å². The summed E-state index contributed by atoms with van der Waals surface area (Å²) in [6, 6.07) is 9.64. The molecule has 334 valence electrons. The SMILES string of the molecule is C=C[C@@H]1CC[C@]2(NCCC3(O)CCC(S(C)(=O)=O)CC3)CC[C@@]3(C)C[C@@H]([C@@]4(C)CC=C(C5=CC[C@](CF)(C(=O)OCc6ccccc6)CC5)C(C)(C)[C@@H]4CCC)CC[C@@H]3[C@@H]12. The predicted molar refractivity (Wildman–Crippen MR) is 242 cm³/mol. The molecule has 4 fully saturated rings. The van der Waals surface area contributed by atoms with Crippen LogP contribution in [0.3, 0.4) is 0 Å². The van der Waals surface area contributed by atoms with Gasteiger partial charge < -0.3 is 15.2 Å². The van der Waals surface area contributed by atoms with Gasteiger partial charge in [-0.15, -0.1) is 6.58 Å². The Hall–Kier alpha value is -2.29. The van der Waals surface area contributed by atoms with Crippen molar-refractivity contribution in [1.29, 1.82) is 0 Å². The Balaban J connectivity index is 1.04. The lowest BCUT2D eigenvalue weighted by molar-refractivity contribution is -0.159. The largest absolute Gasteiger partial charge is 0.460 e. The third-order valence-corrected chi connectivity index (χ3v) is 20.0. The van der Waals surface area contributed by atoms with Crippen LogP contribution in [-0.4, -0.2) is 55.4 Å². The molecule has 2 N–H and O–H groups in total. The molecule has 0 saturated heterocycles. The number of hydrogen-bond donors (Lipinski definition) is 2. The number of esters is 1. The summed E-state index contributed by atoms with van der Waals surface area (Å²) in [6.07, 6.45) is 24.7. The Morgan fingerprint density at radius 3 is 2.33 bits per heavy atom. The Labute approximate surface area is 363 Å². The third-order valence-electron chi connectivity index (χ3n) is 18.3. The van der Waals surface area contributed by atoms with Gasteiger partial charge >= 0.3 is 5.97 Å². The minimum absolute atomic E-state index is 0.0464. The minimum Gasteiger partial charge on any atom is -0.460 e. The first-order valence-electron chi connectivity index (χ1n) is 23.8. The number of ether oxygens (including phenoxy) is 1. The van der Waals surface area contributed by atoms with Crippen molar-refractivity contribution in [3.63, 3.8) is 0 Å². The van der Waals surface area contributed by atoms with Gasteiger partial charge in [0, 0.05) is 11.8 Å². The summed E-state index contributed by atoms with van der Waals surface area (Å²) in [5.41, 5.74) is 2.20. The summed E-state index contributed by atoms with van der Waals surface area (Å²) in [4.78, 5) is 13.4. The number of carbonyl (C=O) groups excluding carboxylic acids is 1. The number of aliphatic hydroxyl groups is 1. The minimum atomic E-state index is -3.07. The lowest BCUT2D eigenvalue weighted by Gasteiger charge is -2.62. The molecule has 0 aliphatic heterocycles. The average molecular weight is 848 g/mol. The molecule has 0 bridgehead atoms. The number of hydrogen-bond acceptors (Lipinski definition) is 6. The standard InChI is InChI=1S/C52H78FNO5S/c1-8-13-44-47(3,4)42(39-18-25-50(36-53,26-19-39)46(55)59-35-37-14-11-10-12-15-37)23-24-49(44,6)40-16-17-43-45-38(9-2)20-29-52(45,31-30-48(43,5)34-40)54-33-32-51(56)27-21-41(22-28-51)60(7,57)58/h9-12,14-15,18,23,38,40-41,43-45,54,56H,2,8,13,16-17,19-22,24-36H2,1,3-7H3/t38-,40+,41?,43-,44+,45-,48+,49-,50+,51?,52+/m1/s1. The number of rotatable bonds is 14. The summed E-state index contributed by atoms with van der Waals surface area (Å²) >= 11 is 0. The van der Waals surface area contributed by atoms with Gasteiger partial charge in [0.2, 0.25) is 0 Å². The highest BCUT2D eigenvalue weighted by Crippen LogP contribution is 2.67. The number of fused-ring (bicyclic) bond motifs is 3. The van der Waals surface area contributed by atoms with Crippen LogP contribution in [0.25, 0.3) is 0 Å². The molecule has 0 spiro atoms. The third kappa shape index (κ3) is 8.54. The van der Waals surface area contributed by atoms with Gasteiger partial charge in [0.15, 0.2) is 0 Å². The molecular formula is C52H78FNO5S. The number of halogens is 1. The van der Waals surface area contributed by atoms with Gasteiger partial charge in [-0.25, -0.2) is 12.8 Å². The number of sulfone groups is 1. The van der Waals surface area contributed by atoms with Crippen LogP contribution in [0.1, 0.15) is 156 Å². The zero-order chi connectivity index (χ0) is 43.2. The number of alkyl halides is 1. The predicted octanol–water partition coefficient (Wildman–Crippen LogP) is 11.4. The molecule has 1 aromatic rings. The first-order valence-corrected chi connectivity index (χ1v) is 25.8. The van der Waals surface area contributed by atoms with Crippen LogP contribution in [0.4, 0.5) is 4.39 Å². The second-order valence-corrected chi connectivity index (χ2v) is 24.4. The monoisotopic (exact) mass is 848 g/mol. The second-order valence-electron chi connectivity index (χ2n) is 22.1. The molecule has 60 heavy (non-hydrogen) atoms. The zero-order valence-corrected chi connectivity index (χ0v) is 38.8. The summed E-state index contributed by atoms with van der Waals surface area (Å²) in [6.45, 7) is 17.1. The van der Waals surface area contributed by atoms with E-state index in [1.807, 2.05) is 30.3 Å². The number of benzene rings is 1. The van der Waals surface area contributed by atoms with E-state index in [-0.39, 0.29) is 33.6 Å². The van der Waals surface area contributed by atoms with Crippen LogP contribution in [0, 0.1) is 51.2 Å². The van der Waals surface area contributed by atoms with E-state index in [0.717, 1.165) is 37.8 Å². The fourth-order valence-corrected chi connectivity index (χ4v) is 15.8. The number of allylic oxidation sites excluding steroid dienone is 5. The second kappa shape index (κ2) is 17.4. The molecule has 9 atom stereocenters. The fourth-order valence-electron chi connectivity index (χ4n) is 14.7. The van der Waals surface area contributed by atoms with Gasteiger partial charge in [-0.1, -0.05) is 89.6 Å². The Morgan fingerprint density at radius 2 is 1.70 bits per heavy atom. The van der Waals surface area contributed by atoms with E-state index < -0.39 is 33.5 Å². The highest BCUT2D eigenvalue weighted by Gasteiger charge is 2.62. The molecule has 7 rings (SSSR count). The van der Waals surface area contributed by atoms with Gasteiger partial charge in [-0.3, -0.25) is 4.79 Å². The molecule has 0 heterocycles. The first kappa shape index (κ1) is 45.7. The van der Waals surface area contributed by atoms with Crippen molar-refractivity contribution in [2.75, 3.05) is 19.5 Å². The molecule has 0 aromatic heterocycles. The lowest BCUT2D eigenvalue weighted by atomic mass is 9.43. The topological polar surface area (TPSA) is 92.7 Å². The van der Waals surface area contributed by atoms with Crippen molar-refractivity contribution < 1.29 is 27.4 Å². The summed E-state index contributed by atoms with van der Waals surface area (Å²) < 4.78 is 44.9.